The lowest BCUT2D eigenvalue weighted by molar-refractivity contribution is 0.164. The van der Waals surface area contributed by atoms with Crippen LogP contribution in [0.15, 0.2) is 12.2 Å². The average molecular weight is 222 g/mol. The Morgan fingerprint density at radius 1 is 1.38 bits per heavy atom. The van der Waals surface area contributed by atoms with Gasteiger partial charge in [-0.05, 0) is 31.6 Å². The minimum Gasteiger partial charge on any atom is -0.311 e. The number of nitrogens with zero attached hydrogens (tertiary/aromatic N) is 1. The van der Waals surface area contributed by atoms with Crippen LogP contribution in [0.3, 0.4) is 0 Å². The minimum atomic E-state index is 0.748. The van der Waals surface area contributed by atoms with E-state index in [2.05, 4.69) is 29.3 Å². The summed E-state index contributed by atoms with van der Waals surface area (Å²) >= 11 is 0. The number of rotatable bonds is 4. The highest BCUT2D eigenvalue weighted by Crippen LogP contribution is 2.20. The molecule has 2 heteroatoms. The van der Waals surface area contributed by atoms with Crippen LogP contribution in [0.4, 0.5) is 0 Å². The highest BCUT2D eigenvalue weighted by Gasteiger charge is 2.21. The summed E-state index contributed by atoms with van der Waals surface area (Å²) in [5, 5.41) is 3.63. The van der Waals surface area contributed by atoms with Crippen molar-refractivity contribution in [2.75, 3.05) is 26.2 Å². The molecule has 2 nitrogen and oxygen atoms in total. The van der Waals surface area contributed by atoms with Gasteiger partial charge in [-0.15, -0.1) is 0 Å². The van der Waals surface area contributed by atoms with Crippen molar-refractivity contribution in [3.05, 3.63) is 12.2 Å². The first-order valence-electron chi connectivity index (χ1n) is 6.99. The van der Waals surface area contributed by atoms with Crippen LogP contribution in [0.25, 0.3) is 0 Å². The molecule has 0 saturated carbocycles. The van der Waals surface area contributed by atoms with Crippen LogP contribution in [0.1, 0.15) is 39.0 Å². The van der Waals surface area contributed by atoms with Crippen molar-refractivity contribution in [2.45, 2.75) is 45.1 Å². The predicted octanol–water partition coefficient (Wildman–Crippen LogP) is 2.42. The Bertz CT molecular complexity index is 223. The highest BCUT2D eigenvalue weighted by molar-refractivity contribution is 4.91. The summed E-state index contributed by atoms with van der Waals surface area (Å²) in [5.41, 5.74) is 0. The van der Waals surface area contributed by atoms with Gasteiger partial charge in [0, 0.05) is 32.2 Å². The van der Waals surface area contributed by atoms with Crippen molar-refractivity contribution in [3.63, 3.8) is 0 Å². The van der Waals surface area contributed by atoms with Gasteiger partial charge in [0.1, 0.15) is 0 Å². The fraction of sp³-hybridized carbons (Fsp3) is 0.857. The van der Waals surface area contributed by atoms with E-state index in [1.54, 1.807) is 0 Å². The van der Waals surface area contributed by atoms with Crippen LogP contribution in [-0.2, 0) is 0 Å². The van der Waals surface area contributed by atoms with Crippen LogP contribution in [0, 0.1) is 5.92 Å². The number of hydrogen-bond acceptors (Lipinski definition) is 2. The molecular weight excluding hydrogens is 196 g/mol. The Morgan fingerprint density at radius 3 is 3.06 bits per heavy atom. The summed E-state index contributed by atoms with van der Waals surface area (Å²) in [6.45, 7) is 7.32. The van der Waals surface area contributed by atoms with E-state index < -0.39 is 0 Å². The Balaban J connectivity index is 1.74. The lowest BCUT2D eigenvalue weighted by Crippen LogP contribution is -2.51. The fourth-order valence-electron chi connectivity index (χ4n) is 2.99. The molecule has 2 unspecified atom stereocenters. The Kier molecular flexibility index (Phi) is 4.86. The van der Waals surface area contributed by atoms with Crippen molar-refractivity contribution in [1.82, 2.24) is 10.2 Å². The third kappa shape index (κ3) is 3.60. The van der Waals surface area contributed by atoms with Gasteiger partial charge in [0.25, 0.3) is 0 Å². The van der Waals surface area contributed by atoms with Gasteiger partial charge in [0.05, 0.1) is 0 Å². The van der Waals surface area contributed by atoms with Crippen molar-refractivity contribution in [1.29, 1.82) is 0 Å². The first-order valence-corrected chi connectivity index (χ1v) is 6.99. The molecule has 2 aliphatic rings. The zero-order valence-corrected chi connectivity index (χ0v) is 10.6. The zero-order valence-electron chi connectivity index (χ0n) is 10.6. The molecule has 1 heterocycles. The molecule has 1 aliphatic carbocycles. The van der Waals surface area contributed by atoms with Crippen LogP contribution in [0.2, 0.25) is 0 Å². The van der Waals surface area contributed by atoms with Crippen LogP contribution in [0.5, 0.6) is 0 Å². The lowest BCUT2D eigenvalue weighted by atomic mass is 9.93. The van der Waals surface area contributed by atoms with Gasteiger partial charge in [-0.1, -0.05) is 25.5 Å². The monoisotopic (exact) mass is 222 g/mol. The molecule has 2 atom stereocenters. The molecule has 1 N–H and O–H groups in total. The molecule has 0 radical (unpaired) electrons. The van der Waals surface area contributed by atoms with Crippen molar-refractivity contribution >= 4 is 0 Å². The van der Waals surface area contributed by atoms with Crippen molar-refractivity contribution < 1.29 is 0 Å². The summed E-state index contributed by atoms with van der Waals surface area (Å²) in [7, 11) is 0. The molecule has 0 aromatic heterocycles. The standard InChI is InChI=1S/C14H26N2/c1-2-6-14-12-16(10-9-15-14)11-13-7-4-3-5-8-13/h3-4,13-15H,2,5-12H2,1H3. The second-order valence-corrected chi connectivity index (χ2v) is 5.35. The first-order chi connectivity index (χ1) is 7.88. The molecule has 1 fully saturated rings. The SMILES string of the molecule is CCCC1CN(CC2CC=CCC2)CCN1. The van der Waals surface area contributed by atoms with Crippen LogP contribution in [-0.4, -0.2) is 37.1 Å². The molecule has 0 aromatic carbocycles. The number of hydrogen-bond donors (Lipinski definition) is 1. The number of piperazine rings is 1. The molecule has 2 rings (SSSR count). The van der Waals surface area contributed by atoms with Gasteiger partial charge in [-0.3, -0.25) is 0 Å². The Morgan fingerprint density at radius 2 is 2.31 bits per heavy atom. The van der Waals surface area contributed by atoms with Gasteiger partial charge >= 0.3 is 0 Å². The van der Waals surface area contributed by atoms with E-state index in [0.29, 0.717) is 0 Å². The largest absolute Gasteiger partial charge is 0.311 e. The molecule has 16 heavy (non-hydrogen) atoms. The van der Waals surface area contributed by atoms with E-state index in [1.165, 1.54) is 58.3 Å². The average Bonchev–Trinajstić information content (AvgIpc) is 2.31. The molecule has 0 spiro atoms. The topological polar surface area (TPSA) is 15.3 Å². The van der Waals surface area contributed by atoms with Crippen LogP contribution < -0.4 is 5.32 Å². The molecule has 0 aromatic rings. The van der Waals surface area contributed by atoms with E-state index in [9.17, 15) is 0 Å². The quantitative estimate of drug-likeness (QED) is 0.735. The fourth-order valence-corrected chi connectivity index (χ4v) is 2.99. The number of allylic oxidation sites excluding steroid dienone is 2. The molecule has 1 aliphatic heterocycles. The van der Waals surface area contributed by atoms with E-state index in [1.807, 2.05) is 0 Å². The maximum atomic E-state index is 3.63. The maximum Gasteiger partial charge on any atom is 0.0195 e. The molecule has 0 amide bonds. The number of nitrogens with one attached hydrogen (secondary N) is 1. The summed E-state index contributed by atoms with van der Waals surface area (Å²) in [6, 6.07) is 0.748. The van der Waals surface area contributed by atoms with E-state index in [4.69, 9.17) is 0 Å². The summed E-state index contributed by atoms with van der Waals surface area (Å²) < 4.78 is 0. The van der Waals surface area contributed by atoms with Gasteiger partial charge in [0.2, 0.25) is 0 Å². The first kappa shape index (κ1) is 12.1. The predicted molar refractivity (Wildman–Crippen MR) is 69.6 cm³/mol. The Labute approximate surface area is 100 Å². The normalized spacial score (nSPS) is 31.8. The van der Waals surface area contributed by atoms with Gasteiger partial charge in [-0.2, -0.15) is 0 Å². The van der Waals surface area contributed by atoms with Gasteiger partial charge < -0.3 is 10.2 Å². The van der Waals surface area contributed by atoms with Gasteiger partial charge in [0.15, 0.2) is 0 Å². The minimum absolute atomic E-state index is 0.748. The van der Waals surface area contributed by atoms with Crippen LogP contribution >= 0.6 is 0 Å². The summed E-state index contributed by atoms with van der Waals surface area (Å²) in [6.07, 6.45) is 11.4. The van der Waals surface area contributed by atoms with Crippen molar-refractivity contribution in [2.24, 2.45) is 5.92 Å². The summed E-state index contributed by atoms with van der Waals surface area (Å²) in [4.78, 5) is 2.68. The zero-order chi connectivity index (χ0) is 11.2. The second kappa shape index (κ2) is 6.41. The van der Waals surface area contributed by atoms with Gasteiger partial charge in [-0.25, -0.2) is 0 Å². The lowest BCUT2D eigenvalue weighted by Gasteiger charge is -2.36. The maximum absolute atomic E-state index is 3.63. The second-order valence-electron chi connectivity index (χ2n) is 5.35. The molecule has 92 valence electrons. The smallest absolute Gasteiger partial charge is 0.0195 e. The van der Waals surface area contributed by atoms with E-state index in [0.717, 1.165) is 12.0 Å². The van der Waals surface area contributed by atoms with Crippen molar-refractivity contribution in [3.8, 4) is 0 Å². The highest BCUT2D eigenvalue weighted by atomic mass is 15.2. The van der Waals surface area contributed by atoms with E-state index in [-0.39, 0.29) is 0 Å². The molecule has 0 bridgehead atoms. The molecule has 1 saturated heterocycles. The third-order valence-corrected chi connectivity index (χ3v) is 3.87. The van der Waals surface area contributed by atoms with E-state index >= 15 is 0 Å². The Hall–Kier alpha value is -0.340. The third-order valence-electron chi connectivity index (χ3n) is 3.87. The summed E-state index contributed by atoms with van der Waals surface area (Å²) in [5.74, 6) is 0.922. The molecular formula is C14H26N2.